The van der Waals surface area contributed by atoms with E-state index in [1.54, 1.807) is 29.2 Å². The first kappa shape index (κ1) is 21.9. The van der Waals surface area contributed by atoms with Crippen molar-refractivity contribution in [2.24, 2.45) is 0 Å². The lowest BCUT2D eigenvalue weighted by Gasteiger charge is -2.36. The van der Waals surface area contributed by atoms with Crippen LogP contribution in [0, 0.1) is 0 Å². The van der Waals surface area contributed by atoms with Crippen molar-refractivity contribution < 1.29 is 18.3 Å². The van der Waals surface area contributed by atoms with Crippen LogP contribution in [0.25, 0.3) is 0 Å². The van der Waals surface area contributed by atoms with Crippen molar-refractivity contribution >= 4 is 46.1 Å². The number of halogens is 3. The molecule has 2 heterocycles. The van der Waals surface area contributed by atoms with Gasteiger partial charge in [-0.3, -0.25) is 14.6 Å². The fourth-order valence-electron chi connectivity index (χ4n) is 4.09. The van der Waals surface area contributed by atoms with Crippen molar-refractivity contribution in [3.63, 3.8) is 0 Å². The number of nitrogens with one attached hydrogen (secondary N) is 1. The van der Waals surface area contributed by atoms with Gasteiger partial charge < -0.3 is 10.1 Å². The van der Waals surface area contributed by atoms with Crippen molar-refractivity contribution in [3.05, 3.63) is 53.6 Å². The molecule has 9 heteroatoms. The van der Waals surface area contributed by atoms with E-state index in [4.69, 9.17) is 23.8 Å². The molecule has 0 aliphatic carbocycles. The van der Waals surface area contributed by atoms with Gasteiger partial charge in [-0.25, -0.2) is 0 Å². The molecule has 1 amide bonds. The first-order valence-electron chi connectivity index (χ1n) is 10.1. The van der Waals surface area contributed by atoms with Crippen molar-refractivity contribution in [2.75, 3.05) is 23.3 Å². The Morgan fingerprint density at radius 1 is 1.06 bits per heavy atom. The molecule has 1 atom stereocenters. The zero-order valence-electron chi connectivity index (χ0n) is 16.6. The Morgan fingerprint density at radius 3 is 2.32 bits per heavy atom. The Labute approximate surface area is 189 Å². The lowest BCUT2D eigenvalue weighted by molar-refractivity contribution is -0.117. The largest absolute Gasteiger partial charge is 0.435 e. The third-order valence-corrected chi connectivity index (χ3v) is 6.33. The van der Waals surface area contributed by atoms with Gasteiger partial charge >= 0.3 is 6.61 Å². The molecular weight excluding hydrogens is 444 g/mol. The van der Waals surface area contributed by atoms with Gasteiger partial charge in [0.2, 0.25) is 5.91 Å². The van der Waals surface area contributed by atoms with Crippen LogP contribution in [0.3, 0.4) is 0 Å². The lowest BCUT2D eigenvalue weighted by atomic mass is 10.0. The number of thiocarbonyl (C=S) groups is 1. The maximum atomic E-state index is 12.6. The highest BCUT2D eigenvalue weighted by Gasteiger charge is 2.40. The average Bonchev–Trinajstić information content (AvgIpc) is 3.04. The second-order valence-electron chi connectivity index (χ2n) is 7.62. The van der Waals surface area contributed by atoms with E-state index in [-0.39, 0.29) is 23.7 Å². The summed E-state index contributed by atoms with van der Waals surface area (Å²) in [6.45, 7) is -1.19. The Bertz CT molecular complexity index is 935. The molecule has 2 aliphatic heterocycles. The highest BCUT2D eigenvalue weighted by atomic mass is 35.5. The number of ether oxygens (including phenoxy) is 1. The number of rotatable bonds is 6. The van der Waals surface area contributed by atoms with Crippen LogP contribution in [0.1, 0.15) is 19.3 Å². The summed E-state index contributed by atoms with van der Waals surface area (Å²) in [6, 6.07) is 13.8. The third kappa shape index (κ3) is 5.14. The topological polar surface area (TPSA) is 44.8 Å². The minimum absolute atomic E-state index is 0.00340. The molecule has 2 aromatic rings. The first-order chi connectivity index (χ1) is 14.9. The van der Waals surface area contributed by atoms with Crippen LogP contribution < -0.4 is 15.0 Å². The van der Waals surface area contributed by atoms with Gasteiger partial charge in [0.15, 0.2) is 0 Å². The SMILES string of the molecule is O=C1CC(N2CCC(Nc3ccc(OC(F)F)cc3)CC2)C(=S)N1c1ccc(Cl)cc1. The van der Waals surface area contributed by atoms with Crippen molar-refractivity contribution in [2.45, 2.75) is 38.0 Å². The third-order valence-electron chi connectivity index (χ3n) is 5.63. The molecule has 5 nitrogen and oxygen atoms in total. The van der Waals surface area contributed by atoms with Crippen LogP contribution in [0.5, 0.6) is 5.75 Å². The number of piperidine rings is 1. The highest BCUT2D eigenvalue weighted by Crippen LogP contribution is 2.30. The molecule has 0 aromatic heterocycles. The molecule has 164 valence electrons. The van der Waals surface area contributed by atoms with Crippen LogP contribution >= 0.6 is 23.8 Å². The van der Waals surface area contributed by atoms with Gasteiger partial charge in [0.1, 0.15) is 10.7 Å². The standard InChI is InChI=1S/C22H22ClF2N3O2S/c23-14-1-5-17(6-2-14)28-20(29)13-19(21(28)31)27-11-9-16(10-12-27)26-15-3-7-18(8-4-15)30-22(24)25/h1-8,16,19,22,26H,9-13H2. The molecule has 2 aromatic carbocycles. The number of carbonyl (C=O) groups excluding carboxylic acids is 1. The smallest absolute Gasteiger partial charge is 0.387 e. The molecule has 4 rings (SSSR count). The predicted octanol–water partition coefficient (Wildman–Crippen LogP) is 4.95. The number of hydrogen-bond acceptors (Lipinski definition) is 5. The van der Waals surface area contributed by atoms with Crippen LogP contribution in [0.15, 0.2) is 48.5 Å². The van der Waals surface area contributed by atoms with E-state index < -0.39 is 6.61 Å². The monoisotopic (exact) mass is 465 g/mol. The molecule has 2 saturated heterocycles. The van der Waals surface area contributed by atoms with Crippen LogP contribution in [0.4, 0.5) is 20.2 Å². The summed E-state index contributed by atoms with van der Waals surface area (Å²) in [6.07, 6.45) is 2.16. The Kier molecular flexibility index (Phi) is 6.69. The summed E-state index contributed by atoms with van der Waals surface area (Å²) in [5.74, 6) is 0.142. The van der Waals surface area contributed by atoms with Gasteiger partial charge in [0.25, 0.3) is 0 Å². The summed E-state index contributed by atoms with van der Waals surface area (Å²) < 4.78 is 28.9. The summed E-state index contributed by atoms with van der Waals surface area (Å²) in [7, 11) is 0. The molecule has 0 bridgehead atoms. The average molecular weight is 466 g/mol. The van der Waals surface area contributed by atoms with E-state index >= 15 is 0 Å². The van der Waals surface area contributed by atoms with Gasteiger partial charge in [-0.2, -0.15) is 8.78 Å². The Morgan fingerprint density at radius 2 is 1.71 bits per heavy atom. The van der Waals surface area contributed by atoms with E-state index in [1.165, 1.54) is 12.1 Å². The van der Waals surface area contributed by atoms with E-state index in [2.05, 4.69) is 15.0 Å². The Balaban J connectivity index is 1.32. The zero-order chi connectivity index (χ0) is 22.0. The highest BCUT2D eigenvalue weighted by molar-refractivity contribution is 7.80. The van der Waals surface area contributed by atoms with Gasteiger partial charge in [-0.15, -0.1) is 0 Å². The number of hydrogen-bond donors (Lipinski definition) is 1. The molecule has 1 unspecified atom stereocenters. The molecular formula is C22H22ClF2N3O2S. The van der Waals surface area contributed by atoms with Crippen LogP contribution in [0.2, 0.25) is 5.02 Å². The van der Waals surface area contributed by atoms with E-state index in [9.17, 15) is 13.6 Å². The number of amides is 1. The van der Waals surface area contributed by atoms with Gasteiger partial charge in [-0.1, -0.05) is 23.8 Å². The molecule has 2 fully saturated rings. The van der Waals surface area contributed by atoms with Gasteiger partial charge in [0.05, 0.1) is 6.04 Å². The van der Waals surface area contributed by atoms with Crippen LogP contribution in [-0.4, -0.2) is 47.6 Å². The quantitative estimate of drug-likeness (QED) is 0.611. The lowest BCUT2D eigenvalue weighted by Crippen LogP contribution is -2.47. The number of benzene rings is 2. The van der Waals surface area contributed by atoms with Crippen molar-refractivity contribution in [1.82, 2.24) is 4.90 Å². The fourth-order valence-corrected chi connectivity index (χ4v) is 4.65. The molecule has 0 radical (unpaired) electrons. The van der Waals surface area contributed by atoms with E-state index in [1.807, 2.05) is 12.1 Å². The Hall–Kier alpha value is -2.29. The van der Waals surface area contributed by atoms with Crippen LogP contribution in [-0.2, 0) is 4.79 Å². The number of likely N-dealkylation sites (tertiary alicyclic amines) is 1. The number of nitrogens with zero attached hydrogens (tertiary/aromatic N) is 2. The molecule has 0 saturated carbocycles. The minimum Gasteiger partial charge on any atom is -0.435 e. The summed E-state index contributed by atoms with van der Waals surface area (Å²) in [5, 5.41) is 4.05. The maximum absolute atomic E-state index is 12.6. The molecule has 2 aliphatic rings. The number of carbonyl (C=O) groups is 1. The second kappa shape index (κ2) is 9.46. The van der Waals surface area contributed by atoms with E-state index in [0.717, 1.165) is 37.3 Å². The molecule has 1 N–H and O–H groups in total. The zero-order valence-corrected chi connectivity index (χ0v) is 18.2. The fraction of sp³-hybridized carbons (Fsp3) is 0.364. The minimum atomic E-state index is -2.83. The van der Waals surface area contributed by atoms with Crippen molar-refractivity contribution in [1.29, 1.82) is 0 Å². The molecule has 31 heavy (non-hydrogen) atoms. The second-order valence-corrected chi connectivity index (χ2v) is 8.48. The summed E-state index contributed by atoms with van der Waals surface area (Å²) in [4.78, 5) is 17.2. The molecule has 0 spiro atoms. The van der Waals surface area contributed by atoms with Crippen molar-refractivity contribution in [3.8, 4) is 5.75 Å². The first-order valence-corrected chi connectivity index (χ1v) is 10.9. The maximum Gasteiger partial charge on any atom is 0.387 e. The van der Waals surface area contributed by atoms with E-state index in [0.29, 0.717) is 16.4 Å². The predicted molar refractivity (Wildman–Crippen MR) is 121 cm³/mol. The van der Waals surface area contributed by atoms with Gasteiger partial charge in [0, 0.05) is 41.9 Å². The number of alkyl halides is 2. The number of anilines is 2. The van der Waals surface area contributed by atoms with Gasteiger partial charge in [-0.05, 0) is 61.4 Å². The normalized spacial score (nSPS) is 20.5. The summed E-state index contributed by atoms with van der Waals surface area (Å²) in [5.41, 5.74) is 1.61. The summed E-state index contributed by atoms with van der Waals surface area (Å²) >= 11 is 11.6.